The third-order valence-corrected chi connectivity index (χ3v) is 5.32. The molecule has 0 fully saturated rings. The summed E-state index contributed by atoms with van der Waals surface area (Å²) in [4.78, 5) is 12.3. The maximum absolute atomic E-state index is 12.3. The lowest BCUT2D eigenvalue weighted by Crippen LogP contribution is -2.25. The monoisotopic (exact) mass is 387 g/mol. The highest BCUT2D eigenvalue weighted by Gasteiger charge is 2.15. The van der Waals surface area contributed by atoms with Crippen LogP contribution in [0.2, 0.25) is 0 Å². The van der Waals surface area contributed by atoms with E-state index in [9.17, 15) is 13.2 Å². The zero-order chi connectivity index (χ0) is 19.3. The fourth-order valence-electron chi connectivity index (χ4n) is 2.45. The van der Waals surface area contributed by atoms with Crippen LogP contribution >= 0.6 is 0 Å². The smallest absolute Gasteiger partial charge is 0.251 e. The predicted molar refractivity (Wildman–Crippen MR) is 95.6 cm³/mol. The number of carbonyl (C=O) groups is 1. The van der Waals surface area contributed by atoms with Crippen LogP contribution in [0.4, 0.5) is 0 Å². The second-order valence-corrected chi connectivity index (χ2v) is 7.47. The molecule has 2 aromatic carbocycles. The molecule has 0 aromatic heterocycles. The largest absolute Gasteiger partial charge is 0.454 e. The summed E-state index contributed by atoms with van der Waals surface area (Å²) in [5, 5.41) is 11.2. The Morgan fingerprint density at radius 1 is 1.11 bits per heavy atom. The van der Waals surface area contributed by atoms with Gasteiger partial charge in [-0.25, -0.2) is 13.1 Å². The van der Waals surface area contributed by atoms with Crippen LogP contribution in [0.25, 0.3) is 0 Å². The SMILES string of the molecule is N#CCCNS(=O)(=O)c1ccc(C(=O)NCc2ccc3c(c2)OCO3)cc1. The van der Waals surface area contributed by atoms with Gasteiger partial charge in [-0.2, -0.15) is 5.26 Å². The summed E-state index contributed by atoms with van der Waals surface area (Å²) in [5.74, 6) is 0.986. The molecular weight excluding hydrogens is 370 g/mol. The molecule has 1 amide bonds. The molecule has 0 spiro atoms. The lowest BCUT2D eigenvalue weighted by atomic mass is 10.2. The molecule has 27 heavy (non-hydrogen) atoms. The van der Waals surface area contributed by atoms with Crippen molar-refractivity contribution in [3.8, 4) is 17.6 Å². The van der Waals surface area contributed by atoms with Crippen molar-refractivity contribution >= 4 is 15.9 Å². The molecule has 140 valence electrons. The van der Waals surface area contributed by atoms with E-state index in [0.29, 0.717) is 23.6 Å². The number of sulfonamides is 1. The summed E-state index contributed by atoms with van der Waals surface area (Å²) < 4.78 is 36.9. The number of fused-ring (bicyclic) bond motifs is 1. The Morgan fingerprint density at radius 2 is 1.85 bits per heavy atom. The fraction of sp³-hybridized carbons (Fsp3) is 0.222. The van der Waals surface area contributed by atoms with E-state index in [2.05, 4.69) is 10.0 Å². The van der Waals surface area contributed by atoms with Gasteiger partial charge in [-0.1, -0.05) is 6.07 Å². The highest BCUT2D eigenvalue weighted by molar-refractivity contribution is 7.89. The Bertz CT molecular complexity index is 981. The quantitative estimate of drug-likeness (QED) is 0.696. The zero-order valence-corrected chi connectivity index (χ0v) is 15.1. The van der Waals surface area contributed by atoms with Crippen molar-refractivity contribution in [3.05, 3.63) is 53.6 Å². The number of nitrogens with one attached hydrogen (secondary N) is 2. The number of rotatable bonds is 7. The Kier molecular flexibility index (Phi) is 5.59. The number of benzene rings is 2. The van der Waals surface area contributed by atoms with E-state index in [1.165, 1.54) is 24.3 Å². The molecule has 2 aromatic rings. The van der Waals surface area contributed by atoms with Gasteiger partial charge in [-0.05, 0) is 42.0 Å². The average molecular weight is 387 g/mol. The molecule has 9 heteroatoms. The van der Waals surface area contributed by atoms with Crippen LogP contribution in [0.3, 0.4) is 0 Å². The van der Waals surface area contributed by atoms with E-state index in [1.807, 2.05) is 12.1 Å². The molecule has 0 radical (unpaired) electrons. The first kappa shape index (κ1) is 18.7. The van der Waals surface area contributed by atoms with Crippen molar-refractivity contribution in [1.82, 2.24) is 10.0 Å². The maximum Gasteiger partial charge on any atom is 0.251 e. The number of carbonyl (C=O) groups excluding carboxylic acids is 1. The molecule has 0 saturated heterocycles. The first-order valence-corrected chi connectivity index (χ1v) is 9.61. The Balaban J connectivity index is 1.60. The van der Waals surface area contributed by atoms with Gasteiger partial charge >= 0.3 is 0 Å². The first-order valence-electron chi connectivity index (χ1n) is 8.13. The zero-order valence-electron chi connectivity index (χ0n) is 14.3. The highest BCUT2D eigenvalue weighted by Crippen LogP contribution is 2.32. The minimum Gasteiger partial charge on any atom is -0.454 e. The minimum atomic E-state index is -3.69. The highest BCUT2D eigenvalue weighted by atomic mass is 32.2. The average Bonchev–Trinajstić information content (AvgIpc) is 3.14. The summed E-state index contributed by atoms with van der Waals surface area (Å²) in [6.07, 6.45) is 0.0829. The van der Waals surface area contributed by atoms with Crippen LogP contribution < -0.4 is 19.5 Å². The summed E-state index contributed by atoms with van der Waals surface area (Å²) in [6, 6.07) is 12.8. The summed E-state index contributed by atoms with van der Waals surface area (Å²) in [6.45, 7) is 0.521. The van der Waals surface area contributed by atoms with Gasteiger partial charge < -0.3 is 14.8 Å². The standard InChI is InChI=1S/C18H17N3O5S/c19-8-1-9-21-27(23,24)15-5-3-14(4-6-15)18(22)20-11-13-2-7-16-17(10-13)26-12-25-16/h2-7,10,21H,1,9,11-12H2,(H,20,22). The number of ether oxygens (including phenoxy) is 2. The molecule has 3 rings (SSSR count). The molecule has 0 aliphatic carbocycles. The number of hydrogen-bond donors (Lipinski definition) is 2. The van der Waals surface area contributed by atoms with E-state index in [-0.39, 0.29) is 30.6 Å². The molecule has 1 heterocycles. The van der Waals surface area contributed by atoms with E-state index in [4.69, 9.17) is 14.7 Å². The normalized spacial score (nSPS) is 12.4. The van der Waals surface area contributed by atoms with Gasteiger partial charge in [-0.3, -0.25) is 4.79 Å². The van der Waals surface area contributed by atoms with E-state index < -0.39 is 10.0 Å². The van der Waals surface area contributed by atoms with Gasteiger partial charge in [0.05, 0.1) is 11.0 Å². The van der Waals surface area contributed by atoms with Crippen molar-refractivity contribution in [2.24, 2.45) is 0 Å². The van der Waals surface area contributed by atoms with Crippen molar-refractivity contribution in [2.75, 3.05) is 13.3 Å². The molecule has 8 nitrogen and oxygen atoms in total. The molecule has 0 saturated carbocycles. The summed E-state index contributed by atoms with van der Waals surface area (Å²) in [5.41, 5.74) is 1.19. The second-order valence-electron chi connectivity index (χ2n) is 5.70. The van der Waals surface area contributed by atoms with Gasteiger partial charge in [0.25, 0.3) is 5.91 Å². The van der Waals surface area contributed by atoms with Crippen molar-refractivity contribution in [3.63, 3.8) is 0 Å². The van der Waals surface area contributed by atoms with Crippen molar-refractivity contribution in [1.29, 1.82) is 5.26 Å². The molecule has 0 unspecified atom stereocenters. The van der Waals surface area contributed by atoms with Crippen LogP contribution in [-0.2, 0) is 16.6 Å². The van der Waals surface area contributed by atoms with E-state index in [0.717, 1.165) is 5.56 Å². The third-order valence-electron chi connectivity index (χ3n) is 3.85. The minimum absolute atomic E-state index is 0.0350. The number of hydrogen-bond acceptors (Lipinski definition) is 6. The second kappa shape index (κ2) is 8.07. The summed E-state index contributed by atoms with van der Waals surface area (Å²) in [7, 11) is -3.69. The Morgan fingerprint density at radius 3 is 2.59 bits per heavy atom. The van der Waals surface area contributed by atoms with Gasteiger partial charge in [0.1, 0.15) is 0 Å². The molecule has 0 atom stereocenters. The topological polar surface area (TPSA) is 118 Å². The van der Waals surface area contributed by atoms with Crippen LogP contribution in [0, 0.1) is 11.3 Å². The van der Waals surface area contributed by atoms with Gasteiger partial charge in [0, 0.05) is 25.1 Å². The van der Waals surface area contributed by atoms with E-state index >= 15 is 0 Å². The van der Waals surface area contributed by atoms with Crippen LogP contribution in [0.15, 0.2) is 47.4 Å². The Hall–Kier alpha value is -3.09. The van der Waals surface area contributed by atoms with Crippen LogP contribution in [0.1, 0.15) is 22.3 Å². The lowest BCUT2D eigenvalue weighted by molar-refractivity contribution is 0.0950. The molecule has 1 aliphatic heterocycles. The van der Waals surface area contributed by atoms with Crippen molar-refractivity contribution < 1.29 is 22.7 Å². The number of amides is 1. The maximum atomic E-state index is 12.3. The van der Waals surface area contributed by atoms with Gasteiger partial charge in [0.15, 0.2) is 11.5 Å². The Labute approximate surface area is 156 Å². The van der Waals surface area contributed by atoms with Gasteiger partial charge in [-0.15, -0.1) is 0 Å². The summed E-state index contributed by atoms with van der Waals surface area (Å²) >= 11 is 0. The molecule has 2 N–H and O–H groups in total. The van der Waals surface area contributed by atoms with E-state index in [1.54, 1.807) is 12.1 Å². The van der Waals surface area contributed by atoms with Crippen LogP contribution in [-0.4, -0.2) is 27.7 Å². The predicted octanol–water partition coefficient (Wildman–Crippen LogP) is 1.54. The number of nitrogens with zero attached hydrogens (tertiary/aromatic N) is 1. The molecule has 1 aliphatic rings. The van der Waals surface area contributed by atoms with Crippen LogP contribution in [0.5, 0.6) is 11.5 Å². The van der Waals surface area contributed by atoms with Crippen molar-refractivity contribution in [2.45, 2.75) is 17.9 Å². The van der Waals surface area contributed by atoms with Gasteiger partial charge in [0.2, 0.25) is 16.8 Å². The lowest BCUT2D eigenvalue weighted by Gasteiger charge is -2.08. The molecule has 0 bridgehead atoms. The number of nitriles is 1. The molecular formula is C18H17N3O5S. The third kappa shape index (κ3) is 4.55. The first-order chi connectivity index (χ1) is 13.0. The fourth-order valence-corrected chi connectivity index (χ4v) is 3.48.